The molecule has 210 valence electrons. The lowest BCUT2D eigenvalue weighted by Crippen LogP contribution is -2.25. The number of ketones is 1. The third-order valence-electron chi connectivity index (χ3n) is 7.67. The highest BCUT2D eigenvalue weighted by Crippen LogP contribution is 2.47. The van der Waals surface area contributed by atoms with Crippen LogP contribution in [0.1, 0.15) is 60.8 Å². The molecule has 0 bridgehead atoms. The van der Waals surface area contributed by atoms with Gasteiger partial charge in [-0.3, -0.25) is 4.79 Å². The van der Waals surface area contributed by atoms with Gasteiger partial charge in [0.1, 0.15) is 30.3 Å². The van der Waals surface area contributed by atoms with E-state index in [-0.39, 0.29) is 30.6 Å². The molecule has 0 spiro atoms. The lowest BCUT2D eigenvalue weighted by Gasteiger charge is -2.25. The van der Waals surface area contributed by atoms with Gasteiger partial charge >= 0.3 is 0 Å². The van der Waals surface area contributed by atoms with Crippen molar-refractivity contribution in [3.8, 4) is 28.5 Å². The predicted molar refractivity (Wildman–Crippen MR) is 152 cm³/mol. The molecule has 3 heterocycles. The van der Waals surface area contributed by atoms with Gasteiger partial charge < -0.3 is 24.3 Å². The van der Waals surface area contributed by atoms with Gasteiger partial charge in [-0.2, -0.15) is 0 Å². The molecule has 0 radical (unpaired) electrons. The van der Waals surface area contributed by atoms with Gasteiger partial charge in [0.15, 0.2) is 17.3 Å². The molecule has 40 heavy (non-hydrogen) atoms. The Bertz CT molecular complexity index is 1570. The summed E-state index contributed by atoms with van der Waals surface area (Å²) in [5.74, 6) is 1.29. The minimum atomic E-state index is -1.38. The molecule has 1 aliphatic heterocycles. The van der Waals surface area contributed by atoms with Crippen LogP contribution in [0.4, 0.5) is 4.39 Å². The molecule has 2 aromatic carbocycles. The summed E-state index contributed by atoms with van der Waals surface area (Å²) >= 11 is 0. The topological polar surface area (TPSA) is 93.7 Å². The second-order valence-corrected chi connectivity index (χ2v) is 11.2. The molecule has 2 aromatic heterocycles. The van der Waals surface area contributed by atoms with Crippen LogP contribution < -0.4 is 14.2 Å². The van der Waals surface area contributed by atoms with E-state index >= 15 is 0 Å². The SMILES string of the molecule is COc1cc(C(=O)CCC(C)(O)c2cc3c(c(-c4c[nH]c5c(C)cccc45)n2)OCC3(C)C)ccc1OCCF. The summed E-state index contributed by atoms with van der Waals surface area (Å²) in [4.78, 5) is 21.4. The first-order valence-corrected chi connectivity index (χ1v) is 13.4. The monoisotopic (exact) mass is 546 g/mol. The van der Waals surface area contributed by atoms with Crippen molar-refractivity contribution in [3.63, 3.8) is 0 Å². The maximum absolute atomic E-state index is 13.1. The first kappa shape index (κ1) is 27.6. The van der Waals surface area contributed by atoms with E-state index in [1.54, 1.807) is 25.1 Å². The Morgan fingerprint density at radius 2 is 2.02 bits per heavy atom. The minimum absolute atomic E-state index is 0.0844. The van der Waals surface area contributed by atoms with Crippen LogP contribution in [0, 0.1) is 6.92 Å². The minimum Gasteiger partial charge on any atom is -0.493 e. The number of H-pyrrole nitrogens is 1. The first-order chi connectivity index (χ1) is 19.1. The number of carbonyl (C=O) groups excluding carboxylic acids is 1. The molecule has 8 heteroatoms. The van der Waals surface area contributed by atoms with E-state index in [0.29, 0.717) is 35.1 Å². The summed E-state index contributed by atoms with van der Waals surface area (Å²) < 4.78 is 29.4. The summed E-state index contributed by atoms with van der Waals surface area (Å²) in [5, 5.41) is 12.7. The van der Waals surface area contributed by atoms with Crippen LogP contribution in [0.15, 0.2) is 48.7 Å². The fourth-order valence-electron chi connectivity index (χ4n) is 5.21. The Labute approximate surface area is 233 Å². The lowest BCUT2D eigenvalue weighted by atomic mass is 9.83. The molecule has 0 saturated heterocycles. The van der Waals surface area contributed by atoms with Gasteiger partial charge in [-0.05, 0) is 50.1 Å². The van der Waals surface area contributed by atoms with Gasteiger partial charge in [-0.15, -0.1) is 0 Å². The smallest absolute Gasteiger partial charge is 0.163 e. The van der Waals surface area contributed by atoms with Crippen LogP contribution in [0.3, 0.4) is 0 Å². The number of ether oxygens (including phenoxy) is 3. The number of nitrogens with one attached hydrogen (secondary N) is 1. The second kappa shape index (κ2) is 10.6. The van der Waals surface area contributed by atoms with Crippen LogP contribution in [-0.2, 0) is 11.0 Å². The Hall–Kier alpha value is -3.91. The van der Waals surface area contributed by atoms with E-state index in [4.69, 9.17) is 19.2 Å². The van der Waals surface area contributed by atoms with Crippen LogP contribution in [0.25, 0.3) is 22.2 Å². The fourth-order valence-corrected chi connectivity index (χ4v) is 5.21. The maximum Gasteiger partial charge on any atom is 0.163 e. The molecule has 1 aliphatic rings. The van der Waals surface area contributed by atoms with E-state index in [1.165, 1.54) is 7.11 Å². The standard InChI is InChI=1S/C32H35FN2O5/c1-19-7-6-8-21-22(17-34-28(19)21)29-30-23(31(2,3)18-40-30)16-27(35-29)32(4,37)12-11-24(36)20-9-10-25(39-14-13-33)26(15-20)38-5/h6-10,15-17,34,37H,11-14,18H2,1-5H3. The normalized spacial score (nSPS) is 15.4. The maximum atomic E-state index is 13.1. The zero-order valence-electron chi connectivity index (χ0n) is 23.6. The summed E-state index contributed by atoms with van der Waals surface area (Å²) in [5.41, 5.74) is 3.99. The molecule has 0 saturated carbocycles. The number of fused-ring (bicyclic) bond motifs is 2. The summed E-state index contributed by atoms with van der Waals surface area (Å²) in [6.45, 7) is 7.75. The number of nitrogens with zero attached hydrogens (tertiary/aromatic N) is 1. The number of Topliss-reactive ketones (excluding diaryl/α,β-unsaturated/α-hetero) is 1. The molecule has 4 aromatic rings. The van der Waals surface area contributed by atoms with Crippen molar-refractivity contribution in [1.29, 1.82) is 0 Å². The number of pyridine rings is 1. The number of hydrogen-bond donors (Lipinski definition) is 2. The number of aromatic nitrogens is 2. The summed E-state index contributed by atoms with van der Waals surface area (Å²) in [7, 11) is 1.47. The third kappa shape index (κ3) is 5.04. The van der Waals surface area contributed by atoms with Gasteiger partial charge in [0, 0.05) is 45.6 Å². The van der Waals surface area contributed by atoms with E-state index in [9.17, 15) is 14.3 Å². The lowest BCUT2D eigenvalue weighted by molar-refractivity contribution is 0.0396. The Kier molecular flexibility index (Phi) is 7.31. The number of carbonyl (C=O) groups is 1. The highest BCUT2D eigenvalue weighted by Gasteiger charge is 2.38. The van der Waals surface area contributed by atoms with Crippen LogP contribution >= 0.6 is 0 Å². The zero-order chi connectivity index (χ0) is 28.7. The summed E-state index contributed by atoms with van der Waals surface area (Å²) in [6, 6.07) is 12.8. The fraction of sp³-hybridized carbons (Fsp3) is 0.375. The van der Waals surface area contributed by atoms with E-state index in [1.807, 2.05) is 24.4 Å². The molecule has 0 aliphatic carbocycles. The Balaban J connectivity index is 1.46. The van der Waals surface area contributed by atoms with Crippen molar-refractivity contribution >= 4 is 16.7 Å². The number of aryl methyl sites for hydroxylation is 1. The average Bonchev–Trinajstić information content (AvgIpc) is 3.51. The number of aromatic amines is 1. The van der Waals surface area contributed by atoms with Gasteiger partial charge in [0.2, 0.25) is 0 Å². The number of hydrogen-bond acceptors (Lipinski definition) is 6. The number of alkyl halides is 1. The highest BCUT2D eigenvalue weighted by molar-refractivity contribution is 5.98. The zero-order valence-corrected chi connectivity index (χ0v) is 23.6. The number of methoxy groups -OCH3 is 1. The molecule has 7 nitrogen and oxygen atoms in total. The predicted octanol–water partition coefficient (Wildman–Crippen LogP) is 6.44. The molecule has 1 unspecified atom stereocenters. The number of rotatable bonds is 10. The molecule has 5 rings (SSSR count). The average molecular weight is 547 g/mol. The molecule has 1 atom stereocenters. The van der Waals surface area contributed by atoms with Crippen LogP contribution in [0.2, 0.25) is 0 Å². The molecule has 0 fully saturated rings. The van der Waals surface area contributed by atoms with Gasteiger partial charge in [0.05, 0.1) is 19.4 Å². The van der Waals surface area contributed by atoms with Crippen molar-refractivity contribution in [3.05, 3.63) is 71.0 Å². The third-order valence-corrected chi connectivity index (χ3v) is 7.67. The van der Waals surface area contributed by atoms with Crippen molar-refractivity contribution in [1.82, 2.24) is 9.97 Å². The van der Waals surface area contributed by atoms with E-state index in [2.05, 4.69) is 31.8 Å². The highest BCUT2D eigenvalue weighted by atomic mass is 19.1. The second-order valence-electron chi connectivity index (χ2n) is 11.2. The molecule has 2 N–H and O–H groups in total. The van der Waals surface area contributed by atoms with Crippen LogP contribution in [-0.4, -0.2) is 47.9 Å². The number of benzene rings is 2. The number of halogens is 1. The van der Waals surface area contributed by atoms with Crippen LogP contribution in [0.5, 0.6) is 17.2 Å². The Morgan fingerprint density at radius 1 is 1.23 bits per heavy atom. The molecular weight excluding hydrogens is 511 g/mol. The summed E-state index contributed by atoms with van der Waals surface area (Å²) in [6.07, 6.45) is 2.18. The number of aliphatic hydroxyl groups is 1. The van der Waals surface area contributed by atoms with E-state index < -0.39 is 12.3 Å². The van der Waals surface area contributed by atoms with Crippen molar-refractivity contribution < 1.29 is 28.5 Å². The van der Waals surface area contributed by atoms with Gasteiger partial charge in [-0.25, -0.2) is 9.37 Å². The first-order valence-electron chi connectivity index (χ1n) is 13.4. The van der Waals surface area contributed by atoms with Gasteiger partial charge in [0.25, 0.3) is 0 Å². The van der Waals surface area contributed by atoms with Crippen molar-refractivity contribution in [2.45, 2.75) is 51.6 Å². The van der Waals surface area contributed by atoms with E-state index in [0.717, 1.165) is 33.3 Å². The molecule has 0 amide bonds. The van der Waals surface area contributed by atoms with Crippen molar-refractivity contribution in [2.24, 2.45) is 0 Å². The largest absolute Gasteiger partial charge is 0.493 e. The number of para-hydroxylation sites is 1. The Morgan fingerprint density at radius 3 is 2.77 bits per heavy atom. The quantitative estimate of drug-likeness (QED) is 0.223. The van der Waals surface area contributed by atoms with Crippen molar-refractivity contribution in [2.75, 3.05) is 27.0 Å². The molecular formula is C32H35FN2O5. The van der Waals surface area contributed by atoms with Gasteiger partial charge in [-0.1, -0.05) is 32.0 Å².